The molecule has 0 saturated heterocycles. The molecule has 0 radical (unpaired) electrons. The molecule has 1 aliphatic rings. The summed E-state index contributed by atoms with van der Waals surface area (Å²) in [7, 11) is 1.60. The third-order valence-corrected chi connectivity index (χ3v) is 4.95. The van der Waals surface area contributed by atoms with Gasteiger partial charge in [-0.1, -0.05) is 23.5 Å². The molecule has 1 unspecified atom stereocenters. The minimum absolute atomic E-state index is 0.180. The lowest BCUT2D eigenvalue weighted by atomic mass is 10.3. The first-order chi connectivity index (χ1) is 11.0. The van der Waals surface area contributed by atoms with Gasteiger partial charge in [0.25, 0.3) is 5.91 Å². The predicted octanol–water partition coefficient (Wildman–Crippen LogP) is 1.80. The summed E-state index contributed by atoms with van der Waals surface area (Å²) in [6, 6.07) is 5.53. The van der Waals surface area contributed by atoms with E-state index in [2.05, 4.69) is 20.3 Å². The number of methoxy groups -OCH3 is 1. The Hall–Kier alpha value is -2.00. The molecule has 2 heterocycles. The number of imidazole rings is 1. The Kier molecular flexibility index (Phi) is 4.58. The number of nitrogens with zero attached hydrogens (tertiary/aromatic N) is 2. The molecule has 0 aliphatic carbocycles. The number of ether oxygens (including phenoxy) is 1. The highest BCUT2D eigenvalue weighted by atomic mass is 32.2. The quantitative estimate of drug-likeness (QED) is 0.816. The van der Waals surface area contributed by atoms with Gasteiger partial charge >= 0.3 is 0 Å². The van der Waals surface area contributed by atoms with Crippen LogP contribution < -0.4 is 10.1 Å². The van der Waals surface area contributed by atoms with E-state index in [0.29, 0.717) is 10.3 Å². The van der Waals surface area contributed by atoms with Crippen molar-refractivity contribution in [2.45, 2.75) is 17.3 Å². The summed E-state index contributed by atoms with van der Waals surface area (Å²) in [5, 5.41) is 3.41. The first kappa shape index (κ1) is 15.9. The molecular weight excluding hydrogens is 336 g/mol. The summed E-state index contributed by atoms with van der Waals surface area (Å²) in [5.41, 5.74) is 1.66. The van der Waals surface area contributed by atoms with Crippen molar-refractivity contribution in [3.8, 4) is 5.75 Å². The molecule has 9 heteroatoms. The van der Waals surface area contributed by atoms with Crippen LogP contribution in [-0.4, -0.2) is 45.1 Å². The van der Waals surface area contributed by atoms with E-state index < -0.39 is 0 Å². The fraction of sp³-hybridized carbons (Fsp3) is 0.286. The number of thioether (sulfide) groups is 2. The maximum absolute atomic E-state index is 11.9. The van der Waals surface area contributed by atoms with Crippen molar-refractivity contribution in [1.29, 1.82) is 0 Å². The summed E-state index contributed by atoms with van der Waals surface area (Å²) in [5.74, 6) is 0.481. The summed E-state index contributed by atoms with van der Waals surface area (Å²) in [4.78, 5) is 34.5. The van der Waals surface area contributed by atoms with Crippen LogP contribution in [0.3, 0.4) is 0 Å². The average Bonchev–Trinajstić information content (AvgIpc) is 3.07. The molecule has 7 nitrogen and oxygen atoms in total. The zero-order valence-corrected chi connectivity index (χ0v) is 14.1. The van der Waals surface area contributed by atoms with Crippen molar-refractivity contribution in [2.24, 2.45) is 4.99 Å². The average molecular weight is 350 g/mol. The van der Waals surface area contributed by atoms with Gasteiger partial charge in [0.05, 0.1) is 29.1 Å². The van der Waals surface area contributed by atoms with Crippen LogP contribution in [-0.2, 0) is 9.59 Å². The standard InChI is InChI=1S/C14H14N4O3S2/c1-7-12(20)18-14(23-7)17-11(19)6-22-13-15-9-4-3-8(21-2)5-10(9)16-13/h3-5,7H,6H2,1-2H3,(H,15,16)(H,17,18,19,20). The molecular formula is C14H14N4O3S2. The molecule has 0 spiro atoms. The van der Waals surface area contributed by atoms with Gasteiger partial charge in [-0.25, -0.2) is 4.98 Å². The Bertz CT molecular complexity index is 802. The first-order valence-corrected chi connectivity index (χ1v) is 8.67. The van der Waals surface area contributed by atoms with Crippen LogP contribution in [0.1, 0.15) is 6.92 Å². The van der Waals surface area contributed by atoms with Crippen LogP contribution in [0.25, 0.3) is 11.0 Å². The Morgan fingerprint density at radius 2 is 2.35 bits per heavy atom. The maximum Gasteiger partial charge on any atom is 0.261 e. The van der Waals surface area contributed by atoms with Crippen molar-refractivity contribution in [3.05, 3.63) is 18.2 Å². The highest BCUT2D eigenvalue weighted by Gasteiger charge is 2.25. The second-order valence-corrected chi connectivity index (χ2v) is 7.07. The lowest BCUT2D eigenvalue weighted by Crippen LogP contribution is -2.29. The number of aliphatic imine (C=N–C) groups is 1. The van der Waals surface area contributed by atoms with Crippen molar-refractivity contribution in [1.82, 2.24) is 15.3 Å². The number of benzene rings is 1. The van der Waals surface area contributed by atoms with E-state index >= 15 is 0 Å². The molecule has 2 aromatic rings. The van der Waals surface area contributed by atoms with E-state index in [4.69, 9.17) is 4.74 Å². The second kappa shape index (κ2) is 6.63. The van der Waals surface area contributed by atoms with Gasteiger partial charge in [0, 0.05) is 6.07 Å². The molecule has 0 bridgehead atoms. The van der Waals surface area contributed by atoms with Crippen LogP contribution in [0.15, 0.2) is 28.3 Å². The fourth-order valence-corrected chi connectivity index (χ4v) is 3.43. The number of fused-ring (bicyclic) bond motifs is 1. The van der Waals surface area contributed by atoms with Gasteiger partial charge in [0.15, 0.2) is 10.3 Å². The summed E-state index contributed by atoms with van der Waals surface area (Å²) < 4.78 is 5.16. The van der Waals surface area contributed by atoms with E-state index in [1.807, 2.05) is 18.2 Å². The fourth-order valence-electron chi connectivity index (χ4n) is 1.94. The Balaban J connectivity index is 1.59. The van der Waals surface area contributed by atoms with Gasteiger partial charge in [-0.3, -0.25) is 9.59 Å². The van der Waals surface area contributed by atoms with Crippen LogP contribution in [0.2, 0.25) is 0 Å². The van der Waals surface area contributed by atoms with Crippen molar-refractivity contribution < 1.29 is 14.3 Å². The minimum Gasteiger partial charge on any atom is -0.497 e. The number of amides is 2. The van der Waals surface area contributed by atoms with Crippen LogP contribution >= 0.6 is 23.5 Å². The lowest BCUT2D eigenvalue weighted by Gasteiger charge is -2.02. The smallest absolute Gasteiger partial charge is 0.261 e. The number of nitrogens with one attached hydrogen (secondary N) is 2. The highest BCUT2D eigenvalue weighted by Crippen LogP contribution is 2.23. The third kappa shape index (κ3) is 3.67. The molecule has 2 N–H and O–H groups in total. The Labute approximate surface area is 140 Å². The second-order valence-electron chi connectivity index (χ2n) is 4.78. The zero-order valence-electron chi connectivity index (χ0n) is 12.5. The number of rotatable bonds is 4. The third-order valence-electron chi connectivity index (χ3n) is 3.10. The minimum atomic E-state index is -0.233. The SMILES string of the molecule is COc1ccc2nc(SCC(=O)NC3=NC(=O)C(C)S3)[nH]c2c1. The summed E-state index contributed by atoms with van der Waals surface area (Å²) in [6.45, 7) is 1.76. The molecule has 120 valence electrons. The van der Waals surface area contributed by atoms with Gasteiger partial charge in [0.2, 0.25) is 5.91 Å². The van der Waals surface area contributed by atoms with E-state index in [9.17, 15) is 9.59 Å². The molecule has 1 atom stereocenters. The van der Waals surface area contributed by atoms with Gasteiger partial charge < -0.3 is 15.0 Å². The largest absolute Gasteiger partial charge is 0.497 e. The van der Waals surface area contributed by atoms with Crippen molar-refractivity contribution in [2.75, 3.05) is 12.9 Å². The molecule has 3 rings (SSSR count). The van der Waals surface area contributed by atoms with E-state index in [1.54, 1.807) is 14.0 Å². The molecule has 23 heavy (non-hydrogen) atoms. The number of H-pyrrole nitrogens is 1. The first-order valence-electron chi connectivity index (χ1n) is 6.81. The molecule has 1 aromatic carbocycles. The Morgan fingerprint density at radius 1 is 1.52 bits per heavy atom. The maximum atomic E-state index is 11.9. The molecule has 0 fully saturated rings. The van der Waals surface area contributed by atoms with Gasteiger partial charge in [0.1, 0.15) is 5.75 Å². The number of hydrogen-bond acceptors (Lipinski definition) is 6. The van der Waals surface area contributed by atoms with E-state index in [-0.39, 0.29) is 22.8 Å². The van der Waals surface area contributed by atoms with Crippen molar-refractivity contribution in [3.63, 3.8) is 0 Å². The van der Waals surface area contributed by atoms with E-state index in [0.717, 1.165) is 16.8 Å². The van der Waals surface area contributed by atoms with Gasteiger partial charge in [-0.15, -0.1) is 0 Å². The number of aromatic amines is 1. The molecule has 0 saturated carbocycles. The van der Waals surface area contributed by atoms with Crippen LogP contribution in [0, 0.1) is 0 Å². The number of carbonyl (C=O) groups is 2. The number of amidine groups is 1. The normalized spacial score (nSPS) is 17.4. The summed E-state index contributed by atoms with van der Waals surface area (Å²) in [6.07, 6.45) is 0. The number of hydrogen-bond donors (Lipinski definition) is 2. The van der Waals surface area contributed by atoms with Crippen LogP contribution in [0.4, 0.5) is 0 Å². The van der Waals surface area contributed by atoms with Gasteiger partial charge in [-0.05, 0) is 19.1 Å². The molecule has 1 aromatic heterocycles. The Morgan fingerprint density at radius 3 is 3.04 bits per heavy atom. The summed E-state index contributed by atoms with van der Waals surface area (Å²) >= 11 is 2.54. The highest BCUT2D eigenvalue weighted by molar-refractivity contribution is 8.15. The van der Waals surface area contributed by atoms with E-state index in [1.165, 1.54) is 23.5 Å². The zero-order chi connectivity index (χ0) is 16.4. The number of carbonyl (C=O) groups excluding carboxylic acids is 2. The van der Waals surface area contributed by atoms with Crippen LogP contribution in [0.5, 0.6) is 5.75 Å². The lowest BCUT2D eigenvalue weighted by molar-refractivity contribution is -0.117. The number of aromatic nitrogens is 2. The van der Waals surface area contributed by atoms with Gasteiger partial charge in [-0.2, -0.15) is 4.99 Å². The molecule has 1 aliphatic heterocycles. The molecule has 2 amide bonds. The predicted molar refractivity (Wildman–Crippen MR) is 91.0 cm³/mol. The topological polar surface area (TPSA) is 96.4 Å². The monoisotopic (exact) mass is 350 g/mol. The van der Waals surface area contributed by atoms with Crippen molar-refractivity contribution >= 4 is 51.5 Å².